The second-order valence-corrected chi connectivity index (χ2v) is 8.26. The monoisotopic (exact) mass is 432 g/mol. The second-order valence-electron chi connectivity index (χ2n) is 5.92. The molecule has 6 N–H and O–H groups in total. The van der Waals surface area contributed by atoms with Crippen molar-refractivity contribution in [1.29, 1.82) is 0 Å². The van der Waals surface area contributed by atoms with Crippen LogP contribution in [0.4, 0.5) is 4.39 Å². The zero-order valence-corrected chi connectivity index (χ0v) is 15.9. The highest BCUT2D eigenvalue weighted by atomic mass is 32.2. The van der Waals surface area contributed by atoms with Crippen molar-refractivity contribution in [2.24, 2.45) is 10.1 Å². The summed E-state index contributed by atoms with van der Waals surface area (Å²) in [6.45, 7) is -0.492. The molecule has 0 spiro atoms. The summed E-state index contributed by atoms with van der Waals surface area (Å²) >= 11 is 1.01. The third kappa shape index (κ3) is 4.84. The first-order valence-corrected chi connectivity index (χ1v) is 10.5. The number of amidine groups is 1. The van der Waals surface area contributed by atoms with Crippen molar-refractivity contribution in [2.75, 3.05) is 12.4 Å². The maximum atomic E-state index is 13.4. The Morgan fingerprint density at radius 3 is 2.96 bits per heavy atom. The maximum Gasteiger partial charge on any atom is 0.274 e. The predicted octanol–water partition coefficient (Wildman–Crippen LogP) is -0.522. The predicted molar refractivity (Wildman–Crippen MR) is 96.4 cm³/mol. The van der Waals surface area contributed by atoms with Crippen LogP contribution in [0.5, 0.6) is 0 Å². The number of aromatic nitrogens is 2. The Hall–Kier alpha value is -2.10. The number of hydrogen-bond acceptors (Lipinski definition) is 9. The van der Waals surface area contributed by atoms with Gasteiger partial charge in [-0.15, -0.1) is 0 Å². The maximum absolute atomic E-state index is 13.4. The van der Waals surface area contributed by atoms with E-state index in [0.717, 1.165) is 17.3 Å². The molecule has 14 heteroatoms. The first-order valence-electron chi connectivity index (χ1n) is 7.93. The molecule has 1 aromatic carbocycles. The zero-order chi connectivity index (χ0) is 20.3. The molecule has 1 aliphatic carbocycles. The molecule has 0 radical (unpaired) electrons. The summed E-state index contributed by atoms with van der Waals surface area (Å²) in [6.07, 6.45) is 0.569. The van der Waals surface area contributed by atoms with Crippen molar-refractivity contribution in [2.45, 2.75) is 23.5 Å². The Morgan fingerprint density at radius 2 is 2.29 bits per heavy atom. The van der Waals surface area contributed by atoms with Crippen LogP contribution in [0.2, 0.25) is 0 Å². The van der Waals surface area contributed by atoms with Crippen LogP contribution in [0, 0.1) is 5.82 Å². The number of thioether (sulfide) groups is 1. The van der Waals surface area contributed by atoms with E-state index in [1.54, 1.807) is 6.07 Å². The summed E-state index contributed by atoms with van der Waals surface area (Å²) in [5.74, 6) is -0.359. The molecule has 1 heterocycles. The van der Waals surface area contributed by atoms with Gasteiger partial charge in [0, 0.05) is 5.75 Å². The van der Waals surface area contributed by atoms with Crippen molar-refractivity contribution < 1.29 is 27.8 Å². The molecule has 1 aromatic heterocycles. The van der Waals surface area contributed by atoms with Crippen LogP contribution in [0.1, 0.15) is 22.9 Å². The molecule has 2 aromatic rings. The SMILES string of the molecule is NS(=O)(=O)NC(CO)CSc1nonc1C(=NC1Cc2ccc(F)cc21)NO. The van der Waals surface area contributed by atoms with Crippen LogP contribution >= 0.6 is 11.8 Å². The number of fused-ring (bicyclic) bond motifs is 1. The first kappa shape index (κ1) is 20.6. The number of aliphatic hydroxyl groups excluding tert-OH is 1. The number of hydroxylamine groups is 1. The van der Waals surface area contributed by atoms with E-state index in [2.05, 4.69) is 24.7 Å². The number of halogens is 1. The molecule has 0 amide bonds. The van der Waals surface area contributed by atoms with Gasteiger partial charge in [0.15, 0.2) is 16.6 Å². The van der Waals surface area contributed by atoms with E-state index in [1.807, 2.05) is 5.48 Å². The fourth-order valence-electron chi connectivity index (χ4n) is 2.62. The van der Waals surface area contributed by atoms with E-state index in [4.69, 9.17) is 5.14 Å². The summed E-state index contributed by atoms with van der Waals surface area (Å²) in [5, 5.41) is 31.2. The van der Waals surface area contributed by atoms with Crippen LogP contribution in [0.3, 0.4) is 0 Å². The summed E-state index contributed by atoms with van der Waals surface area (Å²) in [4.78, 5) is 4.32. The van der Waals surface area contributed by atoms with E-state index < -0.39 is 22.9 Å². The number of aliphatic imine (C=N–C) groups is 1. The number of aliphatic hydroxyl groups is 1. The highest BCUT2D eigenvalue weighted by Crippen LogP contribution is 2.37. The van der Waals surface area contributed by atoms with Gasteiger partial charge in [0.05, 0.1) is 18.7 Å². The van der Waals surface area contributed by atoms with Crippen LogP contribution in [0.25, 0.3) is 0 Å². The average molecular weight is 432 g/mol. The number of rotatable bonds is 8. The summed E-state index contributed by atoms with van der Waals surface area (Å²) < 4.78 is 42.3. The molecule has 3 rings (SSSR count). The fraction of sp³-hybridized carbons (Fsp3) is 0.357. The van der Waals surface area contributed by atoms with E-state index in [9.17, 15) is 23.1 Å². The third-order valence-corrected chi connectivity index (χ3v) is 5.70. The van der Waals surface area contributed by atoms with Crippen LogP contribution < -0.4 is 15.3 Å². The highest BCUT2D eigenvalue weighted by molar-refractivity contribution is 7.99. The molecule has 0 fully saturated rings. The molecule has 152 valence electrons. The molecule has 0 aliphatic heterocycles. The fourth-order valence-corrected chi connectivity index (χ4v) is 4.25. The smallest absolute Gasteiger partial charge is 0.274 e. The summed E-state index contributed by atoms with van der Waals surface area (Å²) in [5.41, 5.74) is 3.68. The minimum Gasteiger partial charge on any atom is -0.395 e. The van der Waals surface area contributed by atoms with Gasteiger partial charge in [0.25, 0.3) is 10.2 Å². The van der Waals surface area contributed by atoms with Gasteiger partial charge in [0.2, 0.25) is 0 Å². The molecule has 2 atom stereocenters. The lowest BCUT2D eigenvalue weighted by Gasteiger charge is -2.27. The Balaban J connectivity index is 1.74. The molecular formula is C14H17FN6O5S2. The van der Waals surface area contributed by atoms with Gasteiger partial charge < -0.3 is 5.11 Å². The molecule has 1 aliphatic rings. The minimum atomic E-state index is -3.99. The topological polar surface area (TPSA) is 176 Å². The van der Waals surface area contributed by atoms with E-state index >= 15 is 0 Å². The Kier molecular flexibility index (Phi) is 6.26. The first-order chi connectivity index (χ1) is 13.3. The lowest BCUT2D eigenvalue weighted by Crippen LogP contribution is -2.42. The van der Waals surface area contributed by atoms with E-state index in [-0.39, 0.29) is 34.2 Å². The van der Waals surface area contributed by atoms with Crippen LogP contribution in [-0.4, -0.2) is 53.3 Å². The van der Waals surface area contributed by atoms with Crippen molar-refractivity contribution >= 4 is 27.8 Å². The molecule has 28 heavy (non-hydrogen) atoms. The highest BCUT2D eigenvalue weighted by Gasteiger charge is 2.28. The average Bonchev–Trinajstić information content (AvgIpc) is 3.09. The lowest BCUT2D eigenvalue weighted by molar-refractivity contribution is 0.232. The Bertz CT molecular complexity index is 982. The number of benzene rings is 1. The quantitative estimate of drug-likeness (QED) is 0.159. The Morgan fingerprint density at radius 1 is 1.50 bits per heavy atom. The molecule has 11 nitrogen and oxygen atoms in total. The molecule has 2 unspecified atom stereocenters. The van der Waals surface area contributed by atoms with Gasteiger partial charge in [-0.3, -0.25) is 15.7 Å². The minimum absolute atomic E-state index is 0.0383. The number of nitrogens with two attached hydrogens (primary N) is 1. The lowest BCUT2D eigenvalue weighted by atomic mass is 9.83. The van der Waals surface area contributed by atoms with Crippen molar-refractivity contribution in [3.05, 3.63) is 40.8 Å². The second kappa shape index (κ2) is 8.50. The normalized spacial score (nSPS) is 17.7. The van der Waals surface area contributed by atoms with Gasteiger partial charge in [-0.1, -0.05) is 17.8 Å². The Labute approximate surface area is 163 Å². The largest absolute Gasteiger partial charge is 0.395 e. The van der Waals surface area contributed by atoms with E-state index in [0.29, 0.717) is 12.0 Å². The molecule has 0 saturated heterocycles. The number of hydrogen-bond donors (Lipinski definition) is 5. The van der Waals surface area contributed by atoms with Crippen molar-refractivity contribution in [3.8, 4) is 0 Å². The van der Waals surface area contributed by atoms with E-state index in [1.165, 1.54) is 12.1 Å². The standard InChI is InChI=1S/C14H17FN6O5S2/c15-8-2-1-7-3-11(10(7)4-8)17-13(18-23)12-14(20-26-19-12)27-6-9(5-22)21-28(16,24)25/h1-2,4,9,11,21-23H,3,5-6H2,(H,17,18)(H2,16,24,25). The summed E-state index contributed by atoms with van der Waals surface area (Å²) in [6, 6.07) is 3.18. The summed E-state index contributed by atoms with van der Waals surface area (Å²) in [7, 11) is -3.99. The van der Waals surface area contributed by atoms with Gasteiger partial charge in [-0.25, -0.2) is 14.2 Å². The van der Waals surface area contributed by atoms with Crippen LogP contribution in [-0.2, 0) is 16.6 Å². The van der Waals surface area contributed by atoms with Gasteiger partial charge in [-0.05, 0) is 40.0 Å². The van der Waals surface area contributed by atoms with Crippen LogP contribution in [0.15, 0.2) is 32.8 Å². The van der Waals surface area contributed by atoms with Gasteiger partial charge >= 0.3 is 0 Å². The molecular weight excluding hydrogens is 415 g/mol. The number of nitrogens with zero attached hydrogens (tertiary/aromatic N) is 3. The molecule has 0 saturated carbocycles. The third-order valence-electron chi connectivity index (χ3n) is 3.93. The zero-order valence-electron chi connectivity index (χ0n) is 14.2. The number of nitrogens with one attached hydrogen (secondary N) is 2. The van der Waals surface area contributed by atoms with Crippen molar-refractivity contribution in [3.63, 3.8) is 0 Å². The molecule has 0 bridgehead atoms. The van der Waals surface area contributed by atoms with Crippen molar-refractivity contribution in [1.82, 2.24) is 20.5 Å². The van der Waals surface area contributed by atoms with Gasteiger partial charge in [-0.2, -0.15) is 13.1 Å². The van der Waals surface area contributed by atoms with Gasteiger partial charge in [0.1, 0.15) is 5.82 Å².